The van der Waals surface area contributed by atoms with Crippen molar-refractivity contribution in [1.82, 2.24) is 0 Å². The van der Waals surface area contributed by atoms with E-state index in [0.29, 0.717) is 0 Å². The lowest BCUT2D eigenvalue weighted by atomic mass is 10.2. The highest BCUT2D eigenvalue weighted by Crippen LogP contribution is 2.30. The van der Waals surface area contributed by atoms with Gasteiger partial charge in [-0.2, -0.15) is 8.42 Å². The van der Waals surface area contributed by atoms with Gasteiger partial charge in [0.2, 0.25) is 0 Å². The molecule has 0 saturated heterocycles. The zero-order valence-electron chi connectivity index (χ0n) is 11.9. The molecule has 1 N–H and O–H groups in total. The van der Waals surface area contributed by atoms with E-state index >= 15 is 0 Å². The number of rotatable bonds is 5. The molecule has 0 aliphatic rings. The number of ether oxygens (including phenoxy) is 1. The Morgan fingerprint density at radius 1 is 1.05 bits per heavy atom. The third-order valence-electron chi connectivity index (χ3n) is 2.92. The van der Waals surface area contributed by atoms with Crippen molar-refractivity contribution in [3.05, 3.63) is 53.6 Å². The van der Waals surface area contributed by atoms with Gasteiger partial charge in [-0.15, -0.1) is 0 Å². The summed E-state index contributed by atoms with van der Waals surface area (Å²) in [5, 5.41) is 8.92. The zero-order valence-corrected chi connectivity index (χ0v) is 12.8. The number of carbonyl (C=O) groups is 1. The monoisotopic (exact) mass is 322 g/mol. The van der Waals surface area contributed by atoms with Crippen LogP contribution in [0.4, 0.5) is 0 Å². The third-order valence-corrected chi connectivity index (χ3v) is 4.17. The molecule has 7 heteroatoms. The van der Waals surface area contributed by atoms with Gasteiger partial charge in [-0.25, -0.2) is 4.79 Å². The predicted octanol–water partition coefficient (Wildman–Crippen LogP) is 2.47. The van der Waals surface area contributed by atoms with E-state index in [1.807, 2.05) is 6.92 Å². The number of carboxylic acids is 1. The number of methoxy groups -OCH3 is 1. The Morgan fingerprint density at radius 3 is 2.23 bits per heavy atom. The molecule has 22 heavy (non-hydrogen) atoms. The maximum Gasteiger partial charge on any atom is 0.339 e. The van der Waals surface area contributed by atoms with Gasteiger partial charge in [0.05, 0.1) is 12.7 Å². The molecule has 0 amide bonds. The van der Waals surface area contributed by atoms with Crippen LogP contribution < -0.4 is 8.92 Å². The molecule has 0 aliphatic carbocycles. The molecule has 0 spiro atoms. The second kappa shape index (κ2) is 6.07. The number of benzene rings is 2. The Hall–Kier alpha value is -2.54. The average Bonchev–Trinajstić information content (AvgIpc) is 2.47. The first-order valence-electron chi connectivity index (χ1n) is 6.26. The second-order valence-corrected chi connectivity index (χ2v) is 6.07. The summed E-state index contributed by atoms with van der Waals surface area (Å²) in [6.07, 6.45) is 0. The maximum atomic E-state index is 12.2. The van der Waals surface area contributed by atoms with E-state index in [0.717, 1.165) is 5.56 Å². The first-order valence-corrected chi connectivity index (χ1v) is 7.67. The number of hydrogen-bond donors (Lipinski definition) is 1. The number of hydrogen-bond acceptors (Lipinski definition) is 5. The fourth-order valence-corrected chi connectivity index (χ4v) is 2.68. The molecule has 0 radical (unpaired) electrons. The molecule has 0 aromatic heterocycles. The molecule has 0 heterocycles. The van der Waals surface area contributed by atoms with Gasteiger partial charge in [0.15, 0.2) is 11.5 Å². The van der Waals surface area contributed by atoms with Gasteiger partial charge in [0.25, 0.3) is 0 Å². The van der Waals surface area contributed by atoms with E-state index in [1.54, 1.807) is 12.1 Å². The maximum absolute atomic E-state index is 12.2. The summed E-state index contributed by atoms with van der Waals surface area (Å²) in [5.41, 5.74) is 0.888. The fourth-order valence-electron chi connectivity index (χ4n) is 1.74. The fraction of sp³-hybridized carbons (Fsp3) is 0.133. The van der Waals surface area contributed by atoms with Crippen LogP contribution in [-0.4, -0.2) is 26.6 Å². The Bertz CT molecular complexity index is 793. The van der Waals surface area contributed by atoms with E-state index in [4.69, 9.17) is 14.0 Å². The summed E-state index contributed by atoms with van der Waals surface area (Å²) in [5.74, 6) is -1.20. The van der Waals surface area contributed by atoms with Crippen LogP contribution in [0.5, 0.6) is 11.5 Å². The normalized spacial score (nSPS) is 11.0. The highest BCUT2D eigenvalue weighted by atomic mass is 32.2. The van der Waals surface area contributed by atoms with Crippen molar-refractivity contribution in [3.63, 3.8) is 0 Å². The molecule has 0 bridgehead atoms. The first kappa shape index (κ1) is 15.8. The number of aromatic carboxylic acids is 1. The van der Waals surface area contributed by atoms with Gasteiger partial charge in [-0.05, 0) is 37.3 Å². The smallest absolute Gasteiger partial charge is 0.339 e. The molecule has 2 aromatic rings. The van der Waals surface area contributed by atoms with E-state index < -0.39 is 16.1 Å². The van der Waals surface area contributed by atoms with Gasteiger partial charge in [0.1, 0.15) is 4.90 Å². The lowest BCUT2D eigenvalue weighted by molar-refractivity contribution is 0.0696. The molecule has 0 unspecified atom stereocenters. The molecule has 116 valence electrons. The van der Waals surface area contributed by atoms with E-state index in [-0.39, 0.29) is 22.0 Å². The lowest BCUT2D eigenvalue weighted by Crippen LogP contribution is -2.10. The summed E-state index contributed by atoms with van der Waals surface area (Å²) < 4.78 is 34.4. The summed E-state index contributed by atoms with van der Waals surface area (Å²) in [6, 6.07) is 9.86. The molecular formula is C15H14O6S. The molecule has 0 fully saturated rings. The second-order valence-electron chi connectivity index (χ2n) is 4.52. The average molecular weight is 322 g/mol. The summed E-state index contributed by atoms with van der Waals surface area (Å²) in [4.78, 5) is 10.9. The standard InChI is InChI=1S/C15H14O6S/c1-10-3-6-12(7-4-10)22(18,19)21-13-8-5-11(15(16)17)9-14(13)20-2/h3-9H,1-2H3,(H,16,17). The number of aryl methyl sites for hydroxylation is 1. The summed E-state index contributed by atoms with van der Waals surface area (Å²) in [7, 11) is -2.73. The minimum atomic E-state index is -4.02. The molecular weight excluding hydrogens is 308 g/mol. The Balaban J connectivity index is 2.37. The van der Waals surface area contributed by atoms with Crippen molar-refractivity contribution >= 4 is 16.1 Å². The van der Waals surface area contributed by atoms with Crippen molar-refractivity contribution in [3.8, 4) is 11.5 Å². The first-order chi connectivity index (χ1) is 10.3. The molecule has 0 saturated carbocycles. The molecule has 2 rings (SSSR count). The van der Waals surface area contributed by atoms with Crippen molar-refractivity contribution in [2.45, 2.75) is 11.8 Å². The van der Waals surface area contributed by atoms with Crippen molar-refractivity contribution in [1.29, 1.82) is 0 Å². The minimum Gasteiger partial charge on any atom is -0.493 e. The van der Waals surface area contributed by atoms with Crippen molar-refractivity contribution in [2.24, 2.45) is 0 Å². The molecule has 0 atom stereocenters. The van der Waals surface area contributed by atoms with Crippen LogP contribution in [0.25, 0.3) is 0 Å². The largest absolute Gasteiger partial charge is 0.493 e. The quantitative estimate of drug-likeness (QED) is 0.851. The van der Waals surface area contributed by atoms with Crippen molar-refractivity contribution < 1.29 is 27.2 Å². The summed E-state index contributed by atoms with van der Waals surface area (Å²) >= 11 is 0. The van der Waals surface area contributed by atoms with Gasteiger partial charge in [-0.3, -0.25) is 0 Å². The van der Waals surface area contributed by atoms with E-state index in [1.165, 1.54) is 37.4 Å². The predicted molar refractivity (Wildman–Crippen MR) is 78.9 cm³/mol. The highest BCUT2D eigenvalue weighted by molar-refractivity contribution is 7.87. The van der Waals surface area contributed by atoms with E-state index in [9.17, 15) is 13.2 Å². The van der Waals surface area contributed by atoms with Crippen molar-refractivity contribution in [2.75, 3.05) is 7.11 Å². The van der Waals surface area contributed by atoms with Gasteiger partial charge in [-0.1, -0.05) is 17.7 Å². The SMILES string of the molecule is COc1cc(C(=O)O)ccc1OS(=O)(=O)c1ccc(C)cc1. The summed E-state index contributed by atoms with van der Waals surface area (Å²) in [6.45, 7) is 1.84. The Labute approximate surface area is 128 Å². The van der Waals surface area contributed by atoms with Crippen LogP contribution in [0, 0.1) is 6.92 Å². The minimum absolute atomic E-state index is 0.00228. The molecule has 2 aromatic carbocycles. The Morgan fingerprint density at radius 2 is 1.68 bits per heavy atom. The van der Waals surface area contributed by atoms with Crippen LogP contribution in [-0.2, 0) is 10.1 Å². The Kier molecular flexibility index (Phi) is 4.37. The van der Waals surface area contributed by atoms with Gasteiger partial charge < -0.3 is 14.0 Å². The number of carboxylic acid groups (broad SMARTS) is 1. The van der Waals surface area contributed by atoms with E-state index in [2.05, 4.69) is 0 Å². The topological polar surface area (TPSA) is 89.9 Å². The molecule has 0 aliphatic heterocycles. The third kappa shape index (κ3) is 3.37. The van der Waals surface area contributed by atoms with Crippen LogP contribution in [0.2, 0.25) is 0 Å². The highest BCUT2D eigenvalue weighted by Gasteiger charge is 2.20. The molecule has 6 nitrogen and oxygen atoms in total. The van der Waals surface area contributed by atoms with Crippen LogP contribution in [0.1, 0.15) is 15.9 Å². The zero-order chi connectivity index (χ0) is 16.3. The van der Waals surface area contributed by atoms with Gasteiger partial charge in [0, 0.05) is 0 Å². The van der Waals surface area contributed by atoms with Gasteiger partial charge >= 0.3 is 16.1 Å². The lowest BCUT2D eigenvalue weighted by Gasteiger charge is -2.11. The van der Waals surface area contributed by atoms with Crippen LogP contribution in [0.3, 0.4) is 0 Å². The van der Waals surface area contributed by atoms with Crippen LogP contribution in [0.15, 0.2) is 47.4 Å². The van der Waals surface area contributed by atoms with Crippen LogP contribution >= 0.6 is 0 Å².